The zero-order chi connectivity index (χ0) is 23.4. The van der Waals surface area contributed by atoms with Crippen molar-refractivity contribution in [3.63, 3.8) is 0 Å². The van der Waals surface area contributed by atoms with E-state index in [9.17, 15) is 4.79 Å². The Bertz CT molecular complexity index is 1090. The molecular weight excluding hydrogens is 456 g/mol. The fourth-order valence-electron chi connectivity index (χ4n) is 3.10. The second kappa shape index (κ2) is 10.4. The number of hydrogen-bond acceptors (Lipinski definition) is 10. The van der Waals surface area contributed by atoms with Crippen LogP contribution in [0, 0.1) is 12.8 Å². The molecule has 0 spiro atoms. The molecule has 1 fully saturated rings. The quantitative estimate of drug-likeness (QED) is 0.517. The normalized spacial score (nSPS) is 14.5. The van der Waals surface area contributed by atoms with Gasteiger partial charge in [-0.2, -0.15) is 15.0 Å². The Morgan fingerprint density at radius 2 is 1.82 bits per heavy atom. The monoisotopic (exact) mass is 484 g/mol. The molecule has 0 saturated carbocycles. The van der Waals surface area contributed by atoms with Crippen molar-refractivity contribution in [3.05, 3.63) is 35.3 Å². The number of nitrogens with zero attached hydrogens (tertiary/aromatic N) is 6. The Balaban J connectivity index is 1.55. The highest BCUT2D eigenvalue weighted by Crippen LogP contribution is 2.29. The summed E-state index contributed by atoms with van der Waals surface area (Å²) >= 11 is 3.02. The Morgan fingerprint density at radius 1 is 1.09 bits per heavy atom. The number of anilines is 4. The fourth-order valence-corrected chi connectivity index (χ4v) is 4.50. The zero-order valence-corrected chi connectivity index (χ0v) is 20.8. The summed E-state index contributed by atoms with van der Waals surface area (Å²) in [6.07, 6.45) is 1.82. The summed E-state index contributed by atoms with van der Waals surface area (Å²) in [6, 6.07) is 7.69. The van der Waals surface area contributed by atoms with Gasteiger partial charge in [0.05, 0.1) is 0 Å². The molecule has 2 aromatic heterocycles. The van der Waals surface area contributed by atoms with Gasteiger partial charge in [-0.15, -0.1) is 11.3 Å². The van der Waals surface area contributed by atoms with Gasteiger partial charge in [0.1, 0.15) is 0 Å². The van der Waals surface area contributed by atoms with Gasteiger partial charge < -0.3 is 15.1 Å². The number of hydrogen-bond donors (Lipinski definition) is 2. The number of likely N-dealkylation sites (N-methyl/N-ethyl adjacent to an activating group) is 1. The fraction of sp³-hybridized carbons (Fsp3) is 0.409. The van der Waals surface area contributed by atoms with E-state index in [2.05, 4.69) is 42.4 Å². The lowest BCUT2D eigenvalue weighted by atomic mass is 10.2. The molecule has 33 heavy (non-hydrogen) atoms. The lowest BCUT2D eigenvalue weighted by molar-refractivity contribution is -0.118. The molecule has 0 bridgehead atoms. The van der Waals surface area contributed by atoms with E-state index in [0.717, 1.165) is 46.8 Å². The van der Waals surface area contributed by atoms with E-state index in [4.69, 9.17) is 4.98 Å². The van der Waals surface area contributed by atoms with Crippen LogP contribution in [0.2, 0.25) is 0 Å². The molecule has 1 aliphatic heterocycles. The van der Waals surface area contributed by atoms with Crippen molar-refractivity contribution >= 4 is 51.7 Å². The Morgan fingerprint density at radius 3 is 2.45 bits per heavy atom. The molecule has 0 aliphatic carbocycles. The molecule has 1 aromatic carbocycles. The first kappa shape index (κ1) is 23.4. The van der Waals surface area contributed by atoms with E-state index in [1.807, 2.05) is 51.2 Å². The molecule has 3 aromatic rings. The summed E-state index contributed by atoms with van der Waals surface area (Å²) in [5, 5.41) is 7.50. The first-order chi connectivity index (χ1) is 15.9. The maximum atomic E-state index is 11.9. The lowest BCUT2D eigenvalue weighted by Crippen LogP contribution is -2.45. The Kier molecular flexibility index (Phi) is 7.41. The van der Waals surface area contributed by atoms with Crippen molar-refractivity contribution in [2.24, 2.45) is 5.92 Å². The third kappa shape index (κ3) is 6.40. The number of thiazole rings is 1. The van der Waals surface area contributed by atoms with E-state index in [1.165, 1.54) is 11.8 Å². The Hall–Kier alpha value is -2.76. The molecule has 9 nitrogen and oxygen atoms in total. The molecule has 2 N–H and O–H groups in total. The van der Waals surface area contributed by atoms with Crippen LogP contribution in [0.5, 0.6) is 0 Å². The minimum absolute atomic E-state index is 0.00201. The number of aromatic nitrogens is 4. The van der Waals surface area contributed by atoms with Gasteiger partial charge in [0.15, 0.2) is 10.3 Å². The van der Waals surface area contributed by atoms with Crippen LogP contribution in [-0.4, -0.2) is 64.0 Å². The first-order valence-electron chi connectivity index (χ1n) is 10.8. The van der Waals surface area contributed by atoms with E-state index >= 15 is 0 Å². The van der Waals surface area contributed by atoms with E-state index in [-0.39, 0.29) is 11.8 Å². The summed E-state index contributed by atoms with van der Waals surface area (Å²) in [7, 11) is 2.12. The zero-order valence-electron chi connectivity index (χ0n) is 19.2. The van der Waals surface area contributed by atoms with Gasteiger partial charge >= 0.3 is 0 Å². The number of nitrogens with one attached hydrogen (secondary N) is 2. The second-order valence-corrected chi connectivity index (χ2v) is 10.5. The molecular formula is C22H28N8OS2. The molecule has 1 saturated heterocycles. The SMILES string of the molecule is Cc1cnc(Nc2nc(Sc3ccc(NC(=O)C(C)C)cc3)nc(N3CCN(C)CC3)n2)s1. The number of aryl methyl sites for hydroxylation is 1. The first-order valence-corrected chi connectivity index (χ1v) is 12.5. The van der Waals surface area contributed by atoms with E-state index in [0.29, 0.717) is 17.1 Å². The van der Waals surface area contributed by atoms with Crippen molar-refractivity contribution in [2.75, 3.05) is 48.8 Å². The molecule has 11 heteroatoms. The summed E-state index contributed by atoms with van der Waals surface area (Å²) in [5.74, 6) is 1.08. The van der Waals surface area contributed by atoms with Crippen LogP contribution in [0.15, 0.2) is 40.5 Å². The lowest BCUT2D eigenvalue weighted by Gasteiger charge is -2.32. The molecule has 1 aliphatic rings. The summed E-state index contributed by atoms with van der Waals surface area (Å²) in [5.41, 5.74) is 0.772. The summed E-state index contributed by atoms with van der Waals surface area (Å²) < 4.78 is 0. The molecule has 1 amide bonds. The van der Waals surface area contributed by atoms with Gasteiger partial charge in [-0.25, -0.2) is 4.98 Å². The molecule has 174 valence electrons. The van der Waals surface area contributed by atoms with Crippen molar-refractivity contribution in [1.82, 2.24) is 24.8 Å². The predicted molar refractivity (Wildman–Crippen MR) is 134 cm³/mol. The predicted octanol–water partition coefficient (Wildman–Crippen LogP) is 3.88. The highest BCUT2D eigenvalue weighted by Gasteiger charge is 2.19. The van der Waals surface area contributed by atoms with Crippen molar-refractivity contribution in [2.45, 2.75) is 30.8 Å². The van der Waals surface area contributed by atoms with Crippen LogP contribution in [-0.2, 0) is 4.79 Å². The average Bonchev–Trinajstić information content (AvgIpc) is 3.19. The Labute approximate surface area is 202 Å². The van der Waals surface area contributed by atoms with Gasteiger partial charge in [-0.1, -0.05) is 13.8 Å². The number of rotatable bonds is 7. The third-order valence-electron chi connectivity index (χ3n) is 5.08. The number of carbonyl (C=O) groups is 1. The highest BCUT2D eigenvalue weighted by atomic mass is 32.2. The van der Waals surface area contributed by atoms with Gasteiger partial charge in [0.2, 0.25) is 17.8 Å². The number of amides is 1. The average molecular weight is 485 g/mol. The molecule has 0 atom stereocenters. The summed E-state index contributed by atoms with van der Waals surface area (Å²) in [4.78, 5) is 36.9. The second-order valence-electron chi connectivity index (χ2n) is 8.20. The number of benzene rings is 1. The van der Waals surface area contributed by atoms with Crippen LogP contribution in [0.25, 0.3) is 0 Å². The molecule has 3 heterocycles. The third-order valence-corrected chi connectivity index (χ3v) is 6.79. The molecule has 0 unspecified atom stereocenters. The van der Waals surface area contributed by atoms with Crippen LogP contribution in [0.1, 0.15) is 18.7 Å². The minimum atomic E-state index is -0.0650. The summed E-state index contributed by atoms with van der Waals surface area (Å²) in [6.45, 7) is 9.42. The van der Waals surface area contributed by atoms with Gasteiger partial charge in [-0.3, -0.25) is 10.1 Å². The molecule has 0 radical (unpaired) electrons. The van der Waals surface area contributed by atoms with E-state index < -0.39 is 0 Å². The van der Waals surface area contributed by atoms with Gasteiger partial charge in [-0.05, 0) is 50.0 Å². The van der Waals surface area contributed by atoms with Crippen LogP contribution in [0.3, 0.4) is 0 Å². The maximum absolute atomic E-state index is 11.9. The number of carbonyl (C=O) groups excluding carboxylic acids is 1. The largest absolute Gasteiger partial charge is 0.338 e. The topological polar surface area (TPSA) is 99.2 Å². The van der Waals surface area contributed by atoms with Crippen molar-refractivity contribution in [1.29, 1.82) is 0 Å². The molecule has 4 rings (SSSR count). The van der Waals surface area contributed by atoms with Crippen LogP contribution >= 0.6 is 23.1 Å². The standard InChI is InChI=1S/C22H28N8OS2/c1-14(2)18(31)24-16-5-7-17(8-6-16)33-22-27-19(26-21-23-13-15(3)32-21)25-20(28-22)30-11-9-29(4)10-12-30/h5-8,13-14H,9-12H2,1-4H3,(H,24,31)(H,23,25,26,27,28). The van der Waals surface area contributed by atoms with Crippen LogP contribution in [0.4, 0.5) is 22.7 Å². The smallest absolute Gasteiger partial charge is 0.234 e. The minimum Gasteiger partial charge on any atom is -0.338 e. The number of piperazine rings is 1. The van der Waals surface area contributed by atoms with E-state index in [1.54, 1.807) is 11.3 Å². The van der Waals surface area contributed by atoms with Crippen molar-refractivity contribution < 1.29 is 4.79 Å². The van der Waals surface area contributed by atoms with Gasteiger partial charge in [0.25, 0.3) is 0 Å². The van der Waals surface area contributed by atoms with Crippen molar-refractivity contribution in [3.8, 4) is 0 Å². The van der Waals surface area contributed by atoms with Crippen LogP contribution < -0.4 is 15.5 Å². The highest BCUT2D eigenvalue weighted by molar-refractivity contribution is 7.99. The van der Waals surface area contributed by atoms with Gasteiger partial charge in [0, 0.05) is 53.8 Å². The maximum Gasteiger partial charge on any atom is 0.234 e.